The molecule has 2 bridgehead atoms. The molecule has 172 valence electrons. The van der Waals surface area contributed by atoms with Gasteiger partial charge in [0.05, 0.1) is 10.6 Å². The molecule has 0 saturated heterocycles. The van der Waals surface area contributed by atoms with Gasteiger partial charge in [-0.3, -0.25) is 14.4 Å². The summed E-state index contributed by atoms with van der Waals surface area (Å²) < 4.78 is 0. The lowest BCUT2D eigenvalue weighted by atomic mass is 9.33. The Bertz CT molecular complexity index is 977. The summed E-state index contributed by atoms with van der Waals surface area (Å²) in [5.74, 6) is 1.36. The largest absolute Gasteiger partial charge is 0.299 e. The van der Waals surface area contributed by atoms with E-state index in [-0.39, 0.29) is 40.4 Å². The van der Waals surface area contributed by atoms with Gasteiger partial charge in [-0.1, -0.05) is 45.8 Å². The Kier molecular flexibility index (Phi) is 5.08. The summed E-state index contributed by atoms with van der Waals surface area (Å²) in [7, 11) is 0. The van der Waals surface area contributed by atoms with Crippen LogP contribution in [-0.4, -0.2) is 22.6 Å². The van der Waals surface area contributed by atoms with Crippen molar-refractivity contribution in [3.8, 4) is 0 Å². The minimum atomic E-state index is -0.520. The number of ketones is 2. The van der Waals surface area contributed by atoms with Gasteiger partial charge in [-0.15, -0.1) is 0 Å². The van der Waals surface area contributed by atoms with E-state index in [9.17, 15) is 14.4 Å². The molecule has 5 heteroatoms. The van der Waals surface area contributed by atoms with Crippen LogP contribution in [-0.2, 0) is 14.4 Å². The molecule has 1 spiro atoms. The molecule has 0 heterocycles. The average molecular weight is 454 g/mol. The Labute approximate surface area is 196 Å². The maximum Gasteiger partial charge on any atom is 0.260 e. The van der Waals surface area contributed by atoms with E-state index in [1.807, 2.05) is 0 Å². The summed E-state index contributed by atoms with van der Waals surface area (Å²) in [6, 6.07) is 0. The van der Waals surface area contributed by atoms with Crippen LogP contribution in [0.15, 0.2) is 16.6 Å². The number of isothiocyanates is 1. The number of fused-ring (bicyclic) bond motifs is 1. The van der Waals surface area contributed by atoms with Crippen LogP contribution in [0.25, 0.3) is 0 Å². The Hall–Kier alpha value is -1.45. The third kappa shape index (κ3) is 2.70. The lowest BCUT2D eigenvalue weighted by Gasteiger charge is -2.70. The van der Waals surface area contributed by atoms with E-state index in [4.69, 9.17) is 12.2 Å². The van der Waals surface area contributed by atoms with Gasteiger partial charge in [-0.2, -0.15) is 4.99 Å². The van der Waals surface area contributed by atoms with Gasteiger partial charge < -0.3 is 0 Å². The van der Waals surface area contributed by atoms with Crippen LogP contribution in [0.4, 0.5) is 0 Å². The molecule has 1 unspecified atom stereocenters. The summed E-state index contributed by atoms with van der Waals surface area (Å²) >= 11 is 4.77. The summed E-state index contributed by atoms with van der Waals surface area (Å²) in [6.45, 7) is 8.92. The van der Waals surface area contributed by atoms with Gasteiger partial charge in [0.15, 0.2) is 0 Å². The fourth-order valence-electron chi connectivity index (χ4n) is 9.51. The molecular weight excluding hydrogens is 418 g/mol. The summed E-state index contributed by atoms with van der Waals surface area (Å²) in [4.78, 5) is 43.6. The highest BCUT2D eigenvalue weighted by atomic mass is 32.1. The summed E-state index contributed by atoms with van der Waals surface area (Å²) in [5.41, 5.74) is 0.619. The SMILES string of the molecule is CC(C)C1=C[C@@]23CC[C@H]4C(C)(C(=O)N=C=S)CCC[C@]4(C)[C@H]2C[C@@H]1[C@H]1C(=O)CCC(=O)[C@H]13. The molecule has 0 aromatic heterocycles. The molecule has 4 fully saturated rings. The Morgan fingerprint density at radius 3 is 2.53 bits per heavy atom. The number of nitrogens with zero attached hydrogens (tertiary/aromatic N) is 1. The number of Topliss-reactive ketones (excluding diaryl/α,β-unsaturated/α-hetero) is 2. The number of hydrogen-bond acceptors (Lipinski definition) is 4. The van der Waals surface area contributed by atoms with Crippen LogP contribution in [0, 0.1) is 51.8 Å². The lowest BCUT2D eigenvalue weighted by molar-refractivity contribution is -0.193. The Balaban J connectivity index is 1.65. The topological polar surface area (TPSA) is 63.6 Å². The Morgan fingerprint density at radius 1 is 1.12 bits per heavy atom. The van der Waals surface area contributed by atoms with E-state index in [1.165, 1.54) is 5.57 Å². The molecular formula is C27H35NO3S. The minimum absolute atomic E-state index is 0.0408. The molecule has 8 atom stereocenters. The smallest absolute Gasteiger partial charge is 0.260 e. The van der Waals surface area contributed by atoms with Crippen molar-refractivity contribution in [1.29, 1.82) is 0 Å². The van der Waals surface area contributed by atoms with Crippen molar-refractivity contribution < 1.29 is 14.4 Å². The lowest BCUT2D eigenvalue weighted by Crippen LogP contribution is -2.67. The van der Waals surface area contributed by atoms with Gasteiger partial charge >= 0.3 is 0 Å². The molecule has 4 saturated carbocycles. The molecule has 6 aliphatic carbocycles. The first-order valence-electron chi connectivity index (χ1n) is 12.5. The predicted molar refractivity (Wildman–Crippen MR) is 126 cm³/mol. The van der Waals surface area contributed by atoms with E-state index < -0.39 is 5.41 Å². The van der Waals surface area contributed by atoms with Gasteiger partial charge in [-0.25, -0.2) is 0 Å². The fraction of sp³-hybridized carbons (Fsp3) is 0.778. The maximum absolute atomic E-state index is 13.4. The molecule has 0 aromatic rings. The van der Waals surface area contributed by atoms with Gasteiger partial charge in [0.1, 0.15) is 11.6 Å². The van der Waals surface area contributed by atoms with Crippen molar-refractivity contribution in [3.63, 3.8) is 0 Å². The molecule has 4 nitrogen and oxygen atoms in total. The van der Waals surface area contributed by atoms with Crippen LogP contribution < -0.4 is 0 Å². The van der Waals surface area contributed by atoms with Crippen LogP contribution in [0.3, 0.4) is 0 Å². The number of rotatable bonds is 2. The summed E-state index contributed by atoms with van der Waals surface area (Å²) in [6.07, 6.45) is 9.00. The number of thiocarbonyl (C=S) groups is 1. The van der Waals surface area contributed by atoms with Crippen molar-refractivity contribution in [2.45, 2.75) is 79.1 Å². The minimum Gasteiger partial charge on any atom is -0.299 e. The van der Waals surface area contributed by atoms with Gasteiger partial charge in [0.25, 0.3) is 5.91 Å². The van der Waals surface area contributed by atoms with E-state index in [1.54, 1.807) is 0 Å². The van der Waals surface area contributed by atoms with Crippen LogP contribution >= 0.6 is 12.2 Å². The number of amides is 1. The zero-order valence-corrected chi connectivity index (χ0v) is 20.6. The first kappa shape index (κ1) is 22.3. The molecule has 6 aliphatic rings. The molecule has 0 aliphatic heterocycles. The standard InChI is InChI=1S/C27H35NO3S/c1-15(2)17-13-27-11-8-20-25(3,9-5-10-26(20,4)24(31)28-14-32)21(27)12-16(17)22-18(29)6-7-19(30)23(22)27/h13,15-16,20-23H,5-12H2,1-4H3/t16-,20+,21+,22-,23+,25-,26?,27-/m0/s1. The summed E-state index contributed by atoms with van der Waals surface area (Å²) in [5, 5.41) is 2.31. The fourth-order valence-corrected chi connectivity index (χ4v) is 9.59. The molecule has 0 aromatic carbocycles. The van der Waals surface area contributed by atoms with Crippen molar-refractivity contribution >= 4 is 34.9 Å². The van der Waals surface area contributed by atoms with E-state index in [2.05, 4.69) is 43.9 Å². The number of hydrogen-bond donors (Lipinski definition) is 0. The quantitative estimate of drug-likeness (QED) is 0.310. The van der Waals surface area contributed by atoms with Crippen molar-refractivity contribution in [1.82, 2.24) is 0 Å². The first-order valence-corrected chi connectivity index (χ1v) is 12.9. The monoisotopic (exact) mass is 453 g/mol. The van der Waals surface area contributed by atoms with Crippen molar-refractivity contribution in [2.75, 3.05) is 0 Å². The van der Waals surface area contributed by atoms with E-state index in [0.29, 0.717) is 36.2 Å². The molecule has 1 amide bonds. The third-order valence-electron chi connectivity index (χ3n) is 10.7. The van der Waals surface area contributed by atoms with Crippen molar-refractivity contribution in [3.05, 3.63) is 11.6 Å². The van der Waals surface area contributed by atoms with Crippen molar-refractivity contribution in [2.24, 2.45) is 56.7 Å². The molecule has 0 radical (unpaired) electrons. The number of carbonyl (C=O) groups excluding carboxylic acids is 3. The highest BCUT2D eigenvalue weighted by Gasteiger charge is 2.70. The number of allylic oxidation sites excluding steroid dienone is 2. The highest BCUT2D eigenvalue weighted by Crippen LogP contribution is 2.74. The van der Waals surface area contributed by atoms with Gasteiger partial charge in [0, 0.05) is 30.1 Å². The van der Waals surface area contributed by atoms with E-state index >= 15 is 0 Å². The third-order valence-corrected chi connectivity index (χ3v) is 10.7. The Morgan fingerprint density at radius 2 is 1.84 bits per heavy atom. The predicted octanol–water partition coefficient (Wildman–Crippen LogP) is 5.61. The zero-order chi connectivity index (χ0) is 23.1. The second-order valence-corrected chi connectivity index (χ2v) is 12.3. The molecule has 0 N–H and O–H groups in total. The molecule has 32 heavy (non-hydrogen) atoms. The average Bonchev–Trinajstić information content (AvgIpc) is 2.75. The highest BCUT2D eigenvalue weighted by molar-refractivity contribution is 7.78. The van der Waals surface area contributed by atoms with Crippen LogP contribution in [0.2, 0.25) is 0 Å². The van der Waals surface area contributed by atoms with Gasteiger partial charge in [-0.05, 0) is 73.4 Å². The zero-order valence-electron chi connectivity index (χ0n) is 19.8. The number of carbonyl (C=O) groups is 3. The number of aliphatic imine (C=N–C) groups is 1. The van der Waals surface area contributed by atoms with Gasteiger partial charge in [0.2, 0.25) is 0 Å². The second kappa shape index (κ2) is 7.27. The second-order valence-electron chi connectivity index (χ2n) is 12.1. The van der Waals surface area contributed by atoms with Crippen LogP contribution in [0.5, 0.6) is 0 Å². The maximum atomic E-state index is 13.4. The normalized spacial score (nSPS) is 47.2. The first-order chi connectivity index (χ1) is 15.1. The molecule has 6 rings (SSSR count). The van der Waals surface area contributed by atoms with E-state index in [0.717, 1.165) is 38.5 Å². The van der Waals surface area contributed by atoms with Crippen LogP contribution in [0.1, 0.15) is 79.1 Å².